The van der Waals surface area contributed by atoms with Crippen molar-refractivity contribution in [2.45, 2.75) is 20.0 Å². The third-order valence-corrected chi connectivity index (χ3v) is 3.72. The van der Waals surface area contributed by atoms with E-state index in [4.69, 9.17) is 27.9 Å². The van der Waals surface area contributed by atoms with Gasteiger partial charge in [-0.15, -0.1) is 0 Å². The minimum Gasteiger partial charge on any atom is -0.481 e. The third kappa shape index (κ3) is 4.13. The fourth-order valence-electron chi connectivity index (χ4n) is 1.76. The van der Waals surface area contributed by atoms with E-state index in [1.807, 2.05) is 31.2 Å². The maximum Gasteiger partial charge on any atom is 0.265 e. The average Bonchev–Trinajstić information content (AvgIpc) is 2.45. The quantitative estimate of drug-likeness (QED) is 0.885. The molecule has 0 aliphatic carbocycles. The summed E-state index contributed by atoms with van der Waals surface area (Å²) in [5.74, 6) is 0.271. The summed E-state index contributed by atoms with van der Waals surface area (Å²) in [6, 6.07) is 12.4. The highest BCUT2D eigenvalue weighted by Gasteiger charge is 2.16. The maximum absolute atomic E-state index is 12.1. The van der Waals surface area contributed by atoms with Gasteiger partial charge in [-0.25, -0.2) is 0 Å². The Morgan fingerprint density at radius 2 is 1.86 bits per heavy atom. The van der Waals surface area contributed by atoms with Gasteiger partial charge in [0.25, 0.3) is 5.91 Å². The molecule has 3 nitrogen and oxygen atoms in total. The lowest BCUT2D eigenvalue weighted by Gasteiger charge is -2.16. The first-order valence-corrected chi connectivity index (χ1v) is 7.21. The first-order chi connectivity index (χ1) is 9.97. The number of anilines is 1. The molecule has 0 bridgehead atoms. The smallest absolute Gasteiger partial charge is 0.265 e. The third-order valence-electron chi connectivity index (χ3n) is 2.98. The Morgan fingerprint density at radius 3 is 2.52 bits per heavy atom. The van der Waals surface area contributed by atoms with Crippen LogP contribution in [0, 0.1) is 6.92 Å². The molecule has 2 aromatic carbocycles. The Bertz CT molecular complexity index is 658. The minimum atomic E-state index is -0.651. The van der Waals surface area contributed by atoms with Crippen molar-refractivity contribution in [2.75, 3.05) is 5.32 Å². The summed E-state index contributed by atoms with van der Waals surface area (Å²) < 4.78 is 5.57. The predicted octanol–water partition coefficient (Wildman–Crippen LogP) is 4.71. The zero-order valence-electron chi connectivity index (χ0n) is 11.7. The highest BCUT2D eigenvalue weighted by atomic mass is 35.5. The van der Waals surface area contributed by atoms with Crippen molar-refractivity contribution >= 4 is 34.8 Å². The van der Waals surface area contributed by atoms with Crippen LogP contribution >= 0.6 is 23.2 Å². The molecule has 2 aromatic rings. The first kappa shape index (κ1) is 15.7. The molecule has 5 heteroatoms. The number of amides is 1. The van der Waals surface area contributed by atoms with E-state index < -0.39 is 6.10 Å². The Hall–Kier alpha value is -1.71. The number of benzene rings is 2. The molecule has 1 atom stereocenters. The molecule has 0 aromatic heterocycles. The molecule has 0 saturated heterocycles. The minimum absolute atomic E-state index is 0.227. The van der Waals surface area contributed by atoms with Crippen LogP contribution in [0.1, 0.15) is 12.5 Å². The molecule has 0 fully saturated rings. The first-order valence-electron chi connectivity index (χ1n) is 6.45. The molecule has 1 amide bonds. The normalized spacial score (nSPS) is 11.8. The zero-order chi connectivity index (χ0) is 15.4. The summed E-state index contributed by atoms with van der Waals surface area (Å²) in [6.07, 6.45) is -0.651. The Morgan fingerprint density at radius 1 is 1.14 bits per heavy atom. The van der Waals surface area contributed by atoms with Gasteiger partial charge in [-0.3, -0.25) is 4.79 Å². The fraction of sp³-hybridized carbons (Fsp3) is 0.188. The van der Waals surface area contributed by atoms with Crippen molar-refractivity contribution in [3.63, 3.8) is 0 Å². The summed E-state index contributed by atoms with van der Waals surface area (Å²) in [5, 5.41) is 3.67. The van der Waals surface area contributed by atoms with E-state index in [1.165, 1.54) is 0 Å². The molecular formula is C16H15Cl2NO2. The van der Waals surface area contributed by atoms with Gasteiger partial charge in [-0.1, -0.05) is 41.4 Å². The molecule has 21 heavy (non-hydrogen) atoms. The van der Waals surface area contributed by atoms with Crippen molar-refractivity contribution in [1.82, 2.24) is 0 Å². The Balaban J connectivity index is 2.02. The monoisotopic (exact) mass is 323 g/mol. The summed E-state index contributed by atoms with van der Waals surface area (Å²) in [7, 11) is 0. The summed E-state index contributed by atoms with van der Waals surface area (Å²) >= 11 is 11.8. The van der Waals surface area contributed by atoms with Crippen molar-refractivity contribution in [3.05, 3.63) is 58.1 Å². The van der Waals surface area contributed by atoms with E-state index in [0.29, 0.717) is 15.8 Å². The zero-order valence-corrected chi connectivity index (χ0v) is 13.2. The standard InChI is InChI=1S/C16H15Cl2NO2/c1-10-5-3-4-6-15(10)19-16(20)11(2)21-12-7-8-13(17)14(18)9-12/h3-9,11H,1-2H3,(H,19,20). The van der Waals surface area contributed by atoms with Gasteiger partial charge in [0.05, 0.1) is 10.0 Å². The number of rotatable bonds is 4. The second-order valence-corrected chi connectivity index (χ2v) is 5.45. The number of aryl methyl sites for hydroxylation is 1. The molecule has 1 unspecified atom stereocenters. The molecule has 1 N–H and O–H groups in total. The van der Waals surface area contributed by atoms with Gasteiger partial charge >= 0.3 is 0 Å². The lowest BCUT2D eigenvalue weighted by atomic mass is 10.2. The molecule has 0 spiro atoms. The molecule has 0 aliphatic rings. The summed E-state index contributed by atoms with van der Waals surface area (Å²) in [4.78, 5) is 12.1. The van der Waals surface area contributed by atoms with Crippen LogP contribution in [0.2, 0.25) is 10.0 Å². The van der Waals surface area contributed by atoms with Crippen molar-refractivity contribution < 1.29 is 9.53 Å². The number of carbonyl (C=O) groups excluding carboxylic acids is 1. The van der Waals surface area contributed by atoms with Crippen LogP contribution < -0.4 is 10.1 Å². The van der Waals surface area contributed by atoms with Crippen LogP contribution in [-0.4, -0.2) is 12.0 Å². The van der Waals surface area contributed by atoms with Gasteiger partial charge in [0, 0.05) is 11.8 Å². The van der Waals surface area contributed by atoms with Crippen molar-refractivity contribution in [1.29, 1.82) is 0 Å². The van der Waals surface area contributed by atoms with Crippen LogP contribution in [0.5, 0.6) is 5.75 Å². The van der Waals surface area contributed by atoms with Crippen LogP contribution in [0.4, 0.5) is 5.69 Å². The topological polar surface area (TPSA) is 38.3 Å². The number of para-hydroxylation sites is 1. The number of halogens is 2. The largest absolute Gasteiger partial charge is 0.481 e. The predicted molar refractivity (Wildman–Crippen MR) is 86.4 cm³/mol. The SMILES string of the molecule is Cc1ccccc1NC(=O)C(C)Oc1ccc(Cl)c(Cl)c1. The van der Waals surface area contributed by atoms with E-state index in [1.54, 1.807) is 25.1 Å². The number of nitrogens with one attached hydrogen (secondary N) is 1. The number of hydrogen-bond acceptors (Lipinski definition) is 2. The molecule has 2 rings (SSSR count). The number of ether oxygens (including phenoxy) is 1. The van der Waals surface area contributed by atoms with Crippen LogP contribution in [-0.2, 0) is 4.79 Å². The fourth-order valence-corrected chi connectivity index (χ4v) is 2.04. The van der Waals surface area contributed by atoms with Gasteiger partial charge < -0.3 is 10.1 Å². The number of hydrogen-bond donors (Lipinski definition) is 1. The second kappa shape index (κ2) is 6.83. The van der Waals surface area contributed by atoms with Gasteiger partial charge in [0.15, 0.2) is 6.10 Å². The van der Waals surface area contributed by atoms with Gasteiger partial charge in [-0.2, -0.15) is 0 Å². The molecule has 0 saturated carbocycles. The lowest BCUT2D eigenvalue weighted by molar-refractivity contribution is -0.122. The second-order valence-electron chi connectivity index (χ2n) is 4.64. The average molecular weight is 324 g/mol. The van der Waals surface area contributed by atoms with Crippen LogP contribution in [0.25, 0.3) is 0 Å². The summed E-state index contributed by atoms with van der Waals surface area (Å²) in [6.45, 7) is 3.61. The van der Waals surface area contributed by atoms with E-state index in [2.05, 4.69) is 5.32 Å². The molecule has 0 radical (unpaired) electrons. The van der Waals surface area contributed by atoms with E-state index in [0.717, 1.165) is 11.3 Å². The molecule has 0 heterocycles. The van der Waals surface area contributed by atoms with Crippen molar-refractivity contribution in [3.8, 4) is 5.75 Å². The van der Waals surface area contributed by atoms with Crippen LogP contribution in [0.15, 0.2) is 42.5 Å². The number of carbonyl (C=O) groups is 1. The van der Waals surface area contributed by atoms with Crippen molar-refractivity contribution in [2.24, 2.45) is 0 Å². The highest BCUT2D eigenvalue weighted by Crippen LogP contribution is 2.27. The Kier molecular flexibility index (Phi) is 5.10. The summed E-state index contributed by atoms with van der Waals surface area (Å²) in [5.41, 5.74) is 1.76. The van der Waals surface area contributed by atoms with Gasteiger partial charge in [-0.05, 0) is 37.6 Å². The highest BCUT2D eigenvalue weighted by molar-refractivity contribution is 6.42. The maximum atomic E-state index is 12.1. The van der Waals surface area contributed by atoms with Gasteiger partial charge in [0.1, 0.15) is 5.75 Å². The van der Waals surface area contributed by atoms with E-state index in [9.17, 15) is 4.79 Å². The lowest BCUT2D eigenvalue weighted by Crippen LogP contribution is -2.30. The molecule has 0 aliphatic heterocycles. The van der Waals surface area contributed by atoms with Crippen LogP contribution in [0.3, 0.4) is 0 Å². The molecule has 110 valence electrons. The molecular weight excluding hydrogens is 309 g/mol. The van der Waals surface area contributed by atoms with E-state index in [-0.39, 0.29) is 5.91 Å². The van der Waals surface area contributed by atoms with E-state index >= 15 is 0 Å². The van der Waals surface area contributed by atoms with Gasteiger partial charge in [0.2, 0.25) is 0 Å². The Labute approximate surface area is 133 Å².